The van der Waals surface area contributed by atoms with Crippen molar-refractivity contribution in [2.24, 2.45) is 0 Å². The molecular formula is C14H14N2O3S2. The maximum atomic E-state index is 12.0. The zero-order valence-corrected chi connectivity index (χ0v) is 13.2. The average molecular weight is 322 g/mol. The second kappa shape index (κ2) is 7.24. The first kappa shape index (κ1) is 15.5. The van der Waals surface area contributed by atoms with E-state index in [9.17, 15) is 9.59 Å². The molecule has 1 unspecified atom stereocenters. The summed E-state index contributed by atoms with van der Waals surface area (Å²) in [6, 6.07) is 9.40. The minimum absolute atomic E-state index is 0.173. The van der Waals surface area contributed by atoms with E-state index in [1.807, 2.05) is 30.3 Å². The number of carbonyl (C=O) groups excluding carboxylic acids is 2. The van der Waals surface area contributed by atoms with Gasteiger partial charge in [0, 0.05) is 6.92 Å². The summed E-state index contributed by atoms with van der Waals surface area (Å²) in [5, 5.41) is 2.68. The first-order chi connectivity index (χ1) is 10.1. The lowest BCUT2D eigenvalue weighted by molar-refractivity contribution is -0.140. The van der Waals surface area contributed by atoms with Gasteiger partial charge in [0.1, 0.15) is 5.25 Å². The number of hydrogen-bond donors (Lipinski definition) is 1. The summed E-state index contributed by atoms with van der Waals surface area (Å²) in [5.74, 6) is -0.492. The molecule has 0 aliphatic rings. The van der Waals surface area contributed by atoms with Gasteiger partial charge in [0.25, 0.3) is 0 Å². The summed E-state index contributed by atoms with van der Waals surface area (Å²) in [7, 11) is 1.37. The van der Waals surface area contributed by atoms with Crippen LogP contribution in [0.1, 0.15) is 17.7 Å². The molecule has 21 heavy (non-hydrogen) atoms. The van der Waals surface area contributed by atoms with Crippen molar-refractivity contribution in [3.05, 3.63) is 42.1 Å². The summed E-state index contributed by atoms with van der Waals surface area (Å²) in [6.45, 7) is 1.43. The van der Waals surface area contributed by atoms with E-state index in [0.717, 1.165) is 9.77 Å². The van der Waals surface area contributed by atoms with E-state index in [1.54, 1.807) is 6.20 Å². The van der Waals surface area contributed by atoms with Crippen molar-refractivity contribution in [1.29, 1.82) is 0 Å². The number of amides is 1. The Morgan fingerprint density at radius 1 is 1.33 bits per heavy atom. The highest BCUT2D eigenvalue weighted by molar-refractivity contribution is 8.02. The number of thiazole rings is 1. The van der Waals surface area contributed by atoms with Crippen molar-refractivity contribution >= 4 is 40.1 Å². The molecule has 1 heterocycles. The Morgan fingerprint density at radius 3 is 2.67 bits per heavy atom. The number of nitrogens with zero attached hydrogens (tertiary/aromatic N) is 1. The summed E-state index contributed by atoms with van der Waals surface area (Å²) >= 11 is 2.68. The van der Waals surface area contributed by atoms with Gasteiger partial charge in [-0.25, -0.2) is 4.98 Å². The van der Waals surface area contributed by atoms with Gasteiger partial charge in [-0.1, -0.05) is 53.4 Å². The average Bonchev–Trinajstić information content (AvgIpc) is 2.91. The number of thioether (sulfide) groups is 1. The fourth-order valence-electron chi connectivity index (χ4n) is 1.63. The highest BCUT2D eigenvalue weighted by atomic mass is 32.2. The van der Waals surface area contributed by atoms with E-state index in [0.29, 0.717) is 5.13 Å². The third-order valence-electron chi connectivity index (χ3n) is 2.52. The first-order valence-corrected chi connectivity index (χ1v) is 7.82. The van der Waals surface area contributed by atoms with E-state index >= 15 is 0 Å². The largest absolute Gasteiger partial charge is 0.468 e. The molecular weight excluding hydrogens is 308 g/mol. The number of anilines is 1. The zero-order valence-electron chi connectivity index (χ0n) is 11.5. The second-order valence-electron chi connectivity index (χ2n) is 4.10. The third-order valence-corrected chi connectivity index (χ3v) is 4.80. The van der Waals surface area contributed by atoms with E-state index < -0.39 is 5.25 Å². The normalized spacial score (nSPS) is 11.7. The molecule has 0 spiro atoms. The highest BCUT2D eigenvalue weighted by Gasteiger charge is 2.23. The van der Waals surface area contributed by atoms with Crippen molar-refractivity contribution in [2.45, 2.75) is 16.4 Å². The van der Waals surface area contributed by atoms with E-state index in [-0.39, 0.29) is 11.9 Å². The summed E-state index contributed by atoms with van der Waals surface area (Å²) in [4.78, 5) is 27.1. The molecule has 5 nitrogen and oxygen atoms in total. The van der Waals surface area contributed by atoms with Crippen LogP contribution >= 0.6 is 23.1 Å². The molecule has 7 heteroatoms. The highest BCUT2D eigenvalue weighted by Crippen LogP contribution is 2.39. The molecule has 0 radical (unpaired) electrons. The molecule has 0 fully saturated rings. The number of hydrogen-bond acceptors (Lipinski definition) is 6. The number of benzene rings is 1. The van der Waals surface area contributed by atoms with Gasteiger partial charge in [-0.15, -0.1) is 0 Å². The smallest absolute Gasteiger partial charge is 0.323 e. The lowest BCUT2D eigenvalue weighted by atomic mass is 10.1. The van der Waals surface area contributed by atoms with Gasteiger partial charge < -0.3 is 10.1 Å². The van der Waals surface area contributed by atoms with Crippen LogP contribution in [0.3, 0.4) is 0 Å². The number of methoxy groups -OCH3 is 1. The van der Waals surface area contributed by atoms with Gasteiger partial charge in [-0.05, 0) is 5.56 Å². The van der Waals surface area contributed by atoms with Crippen molar-refractivity contribution in [1.82, 2.24) is 4.98 Å². The number of rotatable bonds is 5. The molecule has 110 valence electrons. The van der Waals surface area contributed by atoms with Crippen LogP contribution in [0.25, 0.3) is 0 Å². The molecule has 0 saturated heterocycles. The molecule has 1 atom stereocenters. The van der Waals surface area contributed by atoms with Gasteiger partial charge in [0.15, 0.2) is 5.13 Å². The van der Waals surface area contributed by atoms with Gasteiger partial charge >= 0.3 is 5.97 Å². The summed E-state index contributed by atoms with van der Waals surface area (Å²) in [6.07, 6.45) is 1.64. The molecule has 1 aromatic heterocycles. The minimum Gasteiger partial charge on any atom is -0.468 e. The van der Waals surface area contributed by atoms with Crippen LogP contribution in [0.4, 0.5) is 5.13 Å². The van der Waals surface area contributed by atoms with Crippen molar-refractivity contribution in [3.63, 3.8) is 0 Å². The van der Waals surface area contributed by atoms with Crippen LogP contribution in [0.5, 0.6) is 0 Å². The quantitative estimate of drug-likeness (QED) is 0.676. The lowest BCUT2D eigenvalue weighted by Crippen LogP contribution is -2.10. The van der Waals surface area contributed by atoms with Crippen LogP contribution in [-0.2, 0) is 14.3 Å². The maximum Gasteiger partial charge on any atom is 0.323 e. The van der Waals surface area contributed by atoms with Crippen LogP contribution < -0.4 is 5.32 Å². The van der Waals surface area contributed by atoms with E-state index in [1.165, 1.54) is 37.1 Å². The molecule has 1 amide bonds. The zero-order chi connectivity index (χ0) is 15.2. The minimum atomic E-state index is -0.457. The van der Waals surface area contributed by atoms with Gasteiger partial charge in [0.2, 0.25) is 5.91 Å². The fraction of sp³-hybridized carbons (Fsp3) is 0.214. The Morgan fingerprint density at radius 2 is 2.05 bits per heavy atom. The molecule has 0 aliphatic carbocycles. The van der Waals surface area contributed by atoms with Crippen molar-refractivity contribution in [2.75, 3.05) is 12.4 Å². The standard InChI is InChI=1S/C14H14N2O3S2/c1-9(17)16-14-15-8-11(21-14)20-12(13(18)19-2)10-6-4-3-5-7-10/h3-8,12H,1-2H3,(H,15,16,17). The fourth-order valence-corrected chi connectivity index (χ4v) is 3.77. The predicted octanol–water partition coefficient (Wildman–Crippen LogP) is 3.11. The number of carbonyl (C=O) groups is 2. The third kappa shape index (κ3) is 4.30. The van der Waals surface area contributed by atoms with Crippen LogP contribution in [-0.4, -0.2) is 24.0 Å². The van der Waals surface area contributed by atoms with Crippen molar-refractivity contribution in [3.8, 4) is 0 Å². The van der Waals surface area contributed by atoms with E-state index in [2.05, 4.69) is 10.3 Å². The Kier molecular flexibility index (Phi) is 5.35. The molecule has 0 aliphatic heterocycles. The molecule has 1 aromatic carbocycles. The van der Waals surface area contributed by atoms with Gasteiger partial charge in [-0.3, -0.25) is 9.59 Å². The number of nitrogens with one attached hydrogen (secondary N) is 1. The Labute approximate surface area is 130 Å². The lowest BCUT2D eigenvalue weighted by Gasteiger charge is -2.13. The monoisotopic (exact) mass is 322 g/mol. The summed E-state index contributed by atoms with van der Waals surface area (Å²) in [5.41, 5.74) is 0.865. The Balaban J connectivity index is 2.17. The second-order valence-corrected chi connectivity index (χ2v) is 6.53. The number of esters is 1. The topological polar surface area (TPSA) is 68.3 Å². The summed E-state index contributed by atoms with van der Waals surface area (Å²) < 4.78 is 5.70. The van der Waals surface area contributed by atoms with Crippen LogP contribution in [0.15, 0.2) is 40.7 Å². The number of ether oxygens (including phenoxy) is 1. The van der Waals surface area contributed by atoms with E-state index in [4.69, 9.17) is 4.74 Å². The Bertz CT molecular complexity index is 628. The molecule has 0 saturated carbocycles. The SMILES string of the molecule is COC(=O)C(Sc1cnc(NC(C)=O)s1)c1ccccc1. The van der Waals surface area contributed by atoms with Gasteiger partial charge in [-0.2, -0.15) is 0 Å². The first-order valence-electron chi connectivity index (χ1n) is 6.13. The Hall–Kier alpha value is -1.86. The molecule has 0 bridgehead atoms. The van der Waals surface area contributed by atoms with Gasteiger partial charge in [0.05, 0.1) is 17.5 Å². The predicted molar refractivity (Wildman–Crippen MR) is 83.5 cm³/mol. The molecule has 2 rings (SSSR count). The maximum absolute atomic E-state index is 12.0. The van der Waals surface area contributed by atoms with Crippen LogP contribution in [0.2, 0.25) is 0 Å². The van der Waals surface area contributed by atoms with Crippen molar-refractivity contribution < 1.29 is 14.3 Å². The number of aromatic nitrogens is 1. The molecule has 2 aromatic rings. The molecule has 1 N–H and O–H groups in total. The van der Waals surface area contributed by atoms with Crippen LogP contribution in [0, 0.1) is 0 Å².